The molecule has 4 nitrogen and oxygen atoms in total. The second-order valence-electron chi connectivity index (χ2n) is 5.57. The SMILES string of the molecule is O=C1CCCc2c1c1c(n2CCO)-c2ccccc2C1=O. The fourth-order valence-corrected chi connectivity index (χ4v) is 3.64. The molecule has 2 aliphatic carbocycles. The molecular weight excluding hydrogens is 266 g/mol. The highest BCUT2D eigenvalue weighted by Crippen LogP contribution is 2.43. The molecule has 0 fully saturated rings. The third kappa shape index (κ3) is 1.54. The van der Waals surface area contributed by atoms with Crippen molar-refractivity contribution in [3.8, 4) is 11.3 Å². The summed E-state index contributed by atoms with van der Waals surface area (Å²) in [4.78, 5) is 25.0. The first-order chi connectivity index (χ1) is 10.2. The highest BCUT2D eigenvalue weighted by molar-refractivity contribution is 6.26. The van der Waals surface area contributed by atoms with Gasteiger partial charge in [0, 0.05) is 29.8 Å². The quantitative estimate of drug-likeness (QED) is 0.783. The van der Waals surface area contributed by atoms with Gasteiger partial charge < -0.3 is 9.67 Å². The van der Waals surface area contributed by atoms with Gasteiger partial charge in [0.2, 0.25) is 0 Å². The van der Waals surface area contributed by atoms with E-state index in [1.54, 1.807) is 6.07 Å². The molecule has 106 valence electrons. The average Bonchev–Trinajstić information content (AvgIpc) is 2.97. The Hall–Kier alpha value is -2.20. The van der Waals surface area contributed by atoms with E-state index in [9.17, 15) is 14.7 Å². The number of fused-ring (bicyclic) bond motifs is 5. The Morgan fingerprint density at radius 3 is 2.57 bits per heavy atom. The molecule has 4 heteroatoms. The van der Waals surface area contributed by atoms with Crippen molar-refractivity contribution in [1.29, 1.82) is 0 Å². The lowest BCUT2D eigenvalue weighted by Crippen LogP contribution is -2.16. The number of rotatable bonds is 2. The minimum atomic E-state index is -0.0520. The average molecular weight is 281 g/mol. The zero-order valence-electron chi connectivity index (χ0n) is 11.6. The van der Waals surface area contributed by atoms with E-state index < -0.39 is 0 Å². The molecule has 0 bridgehead atoms. The summed E-state index contributed by atoms with van der Waals surface area (Å²) in [5.41, 5.74) is 4.46. The molecule has 4 rings (SSSR count). The van der Waals surface area contributed by atoms with Gasteiger partial charge in [-0.3, -0.25) is 9.59 Å². The maximum Gasteiger partial charge on any atom is 0.196 e. The number of aliphatic hydroxyl groups excluding tert-OH is 1. The third-order valence-electron chi connectivity index (χ3n) is 4.44. The lowest BCUT2D eigenvalue weighted by atomic mass is 9.92. The predicted octanol–water partition coefficient (Wildman–Crippen LogP) is 2.21. The molecule has 2 aromatic rings. The predicted molar refractivity (Wildman–Crippen MR) is 77.7 cm³/mol. The van der Waals surface area contributed by atoms with Gasteiger partial charge in [-0.2, -0.15) is 0 Å². The number of aliphatic hydroxyl groups is 1. The van der Waals surface area contributed by atoms with Crippen LogP contribution >= 0.6 is 0 Å². The number of nitrogens with zero attached hydrogens (tertiary/aromatic N) is 1. The van der Waals surface area contributed by atoms with Crippen molar-refractivity contribution in [2.75, 3.05) is 6.61 Å². The van der Waals surface area contributed by atoms with E-state index in [1.807, 2.05) is 22.8 Å². The van der Waals surface area contributed by atoms with E-state index in [0.29, 0.717) is 29.7 Å². The Labute approximate surface area is 122 Å². The van der Waals surface area contributed by atoms with Crippen LogP contribution in [0.4, 0.5) is 0 Å². The van der Waals surface area contributed by atoms with Gasteiger partial charge in [-0.15, -0.1) is 0 Å². The molecule has 0 saturated heterocycles. The van der Waals surface area contributed by atoms with Crippen molar-refractivity contribution < 1.29 is 14.7 Å². The Morgan fingerprint density at radius 1 is 1.05 bits per heavy atom. The number of ketones is 2. The van der Waals surface area contributed by atoms with Crippen LogP contribution in [-0.4, -0.2) is 27.8 Å². The number of hydrogen-bond donors (Lipinski definition) is 1. The molecule has 1 heterocycles. The van der Waals surface area contributed by atoms with Gasteiger partial charge in [0.15, 0.2) is 11.6 Å². The molecule has 0 radical (unpaired) electrons. The number of carbonyl (C=O) groups excluding carboxylic acids is 2. The molecule has 0 spiro atoms. The summed E-state index contributed by atoms with van der Waals surface area (Å²) in [5, 5.41) is 9.36. The first kappa shape index (κ1) is 12.5. The van der Waals surface area contributed by atoms with Crippen LogP contribution < -0.4 is 0 Å². The summed E-state index contributed by atoms with van der Waals surface area (Å²) >= 11 is 0. The van der Waals surface area contributed by atoms with E-state index in [2.05, 4.69) is 0 Å². The molecule has 21 heavy (non-hydrogen) atoms. The van der Waals surface area contributed by atoms with E-state index in [0.717, 1.165) is 29.8 Å². The molecular formula is C17H15NO3. The smallest absolute Gasteiger partial charge is 0.196 e. The summed E-state index contributed by atoms with van der Waals surface area (Å²) in [6.45, 7) is 0.421. The minimum absolute atomic E-state index is 0.00188. The van der Waals surface area contributed by atoms with Crippen LogP contribution in [-0.2, 0) is 13.0 Å². The molecule has 0 aliphatic heterocycles. The van der Waals surface area contributed by atoms with Crippen molar-refractivity contribution in [3.63, 3.8) is 0 Å². The molecule has 0 atom stereocenters. The molecule has 1 aromatic heterocycles. The fourth-order valence-electron chi connectivity index (χ4n) is 3.64. The number of carbonyl (C=O) groups is 2. The summed E-state index contributed by atoms with van der Waals surface area (Å²) in [6, 6.07) is 7.47. The number of Topliss-reactive ketones (excluding diaryl/α,β-unsaturated/α-hetero) is 1. The zero-order chi connectivity index (χ0) is 14.6. The Kier molecular flexibility index (Phi) is 2.62. The highest BCUT2D eigenvalue weighted by Gasteiger charge is 2.38. The summed E-state index contributed by atoms with van der Waals surface area (Å²) in [7, 11) is 0. The van der Waals surface area contributed by atoms with E-state index >= 15 is 0 Å². The molecule has 0 saturated carbocycles. The Bertz CT molecular complexity index is 786. The number of benzene rings is 1. The number of hydrogen-bond acceptors (Lipinski definition) is 3. The summed E-state index contributed by atoms with van der Waals surface area (Å²) in [6.07, 6.45) is 2.12. The van der Waals surface area contributed by atoms with Gasteiger partial charge in [-0.25, -0.2) is 0 Å². The van der Waals surface area contributed by atoms with Crippen molar-refractivity contribution in [2.24, 2.45) is 0 Å². The lowest BCUT2D eigenvalue weighted by molar-refractivity contribution is 0.0959. The van der Waals surface area contributed by atoms with Crippen molar-refractivity contribution in [3.05, 3.63) is 46.6 Å². The molecule has 0 unspecified atom stereocenters. The third-order valence-corrected chi connectivity index (χ3v) is 4.44. The van der Waals surface area contributed by atoms with Crippen molar-refractivity contribution in [1.82, 2.24) is 4.57 Å². The molecule has 1 aromatic carbocycles. The van der Waals surface area contributed by atoms with Gasteiger partial charge in [0.25, 0.3) is 0 Å². The van der Waals surface area contributed by atoms with Crippen LogP contribution in [0.5, 0.6) is 0 Å². The first-order valence-electron chi connectivity index (χ1n) is 7.27. The molecule has 1 N–H and O–H groups in total. The fraction of sp³-hybridized carbons (Fsp3) is 0.294. The topological polar surface area (TPSA) is 59.3 Å². The standard InChI is InChI=1S/C17H15NO3/c19-9-8-18-12-6-3-7-13(20)14(12)15-16(18)10-4-1-2-5-11(10)17(15)21/h1-2,4-5,19H,3,6-9H2. The maximum absolute atomic E-state index is 12.7. The normalized spacial score (nSPS) is 15.9. The van der Waals surface area contributed by atoms with E-state index in [1.165, 1.54) is 0 Å². The van der Waals surface area contributed by atoms with Gasteiger partial charge >= 0.3 is 0 Å². The van der Waals surface area contributed by atoms with Crippen molar-refractivity contribution >= 4 is 11.6 Å². The summed E-state index contributed by atoms with van der Waals surface area (Å²) < 4.78 is 1.98. The second-order valence-corrected chi connectivity index (χ2v) is 5.57. The Morgan fingerprint density at radius 2 is 1.81 bits per heavy atom. The first-order valence-corrected chi connectivity index (χ1v) is 7.27. The van der Waals surface area contributed by atoms with Crippen LogP contribution in [0.2, 0.25) is 0 Å². The molecule has 0 amide bonds. The van der Waals surface area contributed by atoms with Gasteiger partial charge in [0.05, 0.1) is 23.4 Å². The van der Waals surface area contributed by atoms with Crippen LogP contribution in [0.15, 0.2) is 24.3 Å². The van der Waals surface area contributed by atoms with Crippen LogP contribution in [0.1, 0.15) is 44.8 Å². The van der Waals surface area contributed by atoms with Gasteiger partial charge in [-0.1, -0.05) is 24.3 Å². The molecule has 2 aliphatic rings. The maximum atomic E-state index is 12.7. The zero-order valence-corrected chi connectivity index (χ0v) is 11.6. The Balaban J connectivity index is 2.08. The van der Waals surface area contributed by atoms with E-state index in [4.69, 9.17) is 0 Å². The largest absolute Gasteiger partial charge is 0.395 e. The van der Waals surface area contributed by atoms with Crippen molar-refractivity contribution in [2.45, 2.75) is 25.8 Å². The van der Waals surface area contributed by atoms with Crippen LogP contribution in [0, 0.1) is 0 Å². The van der Waals surface area contributed by atoms with Gasteiger partial charge in [-0.05, 0) is 12.8 Å². The second kappa shape index (κ2) is 4.40. The highest BCUT2D eigenvalue weighted by atomic mass is 16.3. The minimum Gasteiger partial charge on any atom is -0.395 e. The number of aromatic nitrogens is 1. The van der Waals surface area contributed by atoms with Crippen LogP contribution in [0.3, 0.4) is 0 Å². The van der Waals surface area contributed by atoms with E-state index in [-0.39, 0.29) is 18.2 Å². The lowest BCUT2D eigenvalue weighted by Gasteiger charge is -2.16. The summed E-state index contributed by atoms with van der Waals surface area (Å²) in [5.74, 6) is 0.00846. The van der Waals surface area contributed by atoms with Gasteiger partial charge in [0.1, 0.15) is 0 Å². The monoisotopic (exact) mass is 281 g/mol. The van der Waals surface area contributed by atoms with Crippen LogP contribution in [0.25, 0.3) is 11.3 Å².